The quantitative estimate of drug-likeness (QED) is 0.0498. The molecule has 15 heterocycles. The third-order valence-electron chi connectivity index (χ3n) is 28.6. The van der Waals surface area contributed by atoms with Crippen molar-refractivity contribution in [2.24, 2.45) is 51.8 Å². The summed E-state index contributed by atoms with van der Waals surface area (Å²) in [5.74, 6) is 3.30. The van der Waals surface area contributed by atoms with E-state index in [2.05, 4.69) is 132 Å². The Morgan fingerprint density at radius 2 is 0.709 bits per heavy atom. The second-order valence-corrected chi connectivity index (χ2v) is 45.8. The highest BCUT2D eigenvalue weighted by Gasteiger charge is 2.48. The van der Waals surface area contributed by atoms with Crippen LogP contribution < -0.4 is 59.9 Å². The Balaban J connectivity index is 0.000000138. The van der Waals surface area contributed by atoms with Gasteiger partial charge in [-0.3, -0.25) is 38.6 Å². The van der Waals surface area contributed by atoms with Crippen LogP contribution >= 0.6 is 11.6 Å². The molecule has 0 radical (unpaired) electrons. The minimum atomic E-state index is -4.23. The second kappa shape index (κ2) is 37.3. The number of hydrogen-bond acceptors (Lipinski definition) is 24. The minimum absolute atomic E-state index is 0.00956. The molecule has 6 saturated heterocycles. The van der Waals surface area contributed by atoms with Crippen molar-refractivity contribution in [3.63, 3.8) is 0 Å². The monoisotopic (exact) mass is 1820 g/mol. The molecule has 0 aromatic carbocycles. The Hall–Kier alpha value is -9.34. The molecule has 686 valence electrons. The Bertz CT molecular complexity index is 5270. The molecular weight excluding hydrogens is 1690 g/mol. The smallest absolute Gasteiger partial charge is 0.281 e. The molecule has 9 fully saturated rings. The zero-order valence-electron chi connectivity index (χ0n) is 75.0. The molecule has 18 rings (SSSR count). The fraction of sp³-hybridized carbons (Fsp3) is 0.613. The molecule has 6 amide bonds. The normalized spacial score (nSPS) is 25.7. The van der Waals surface area contributed by atoms with Gasteiger partial charge in [0.05, 0.1) is 16.7 Å². The zero-order valence-corrected chi connectivity index (χ0v) is 78.2. The van der Waals surface area contributed by atoms with E-state index in [4.69, 9.17) is 21.6 Å². The van der Waals surface area contributed by atoms with Gasteiger partial charge in [-0.25, -0.2) is 44.1 Å². The van der Waals surface area contributed by atoms with Gasteiger partial charge in [-0.05, 0) is 302 Å². The van der Waals surface area contributed by atoms with Crippen molar-refractivity contribution in [1.82, 2.24) is 49.4 Å². The molecule has 127 heavy (non-hydrogen) atoms. The number of rotatable bonds is 14. The highest BCUT2D eigenvalue weighted by molar-refractivity contribution is 7.90. The highest BCUT2D eigenvalue weighted by Crippen LogP contribution is 2.52. The number of nitrogens with zero attached hydrogens (tertiary/aromatic N) is 11. The van der Waals surface area contributed by atoms with E-state index in [-0.39, 0.29) is 77.2 Å². The number of fused-ring (bicyclic) bond motifs is 18. The van der Waals surface area contributed by atoms with Gasteiger partial charge in [0.2, 0.25) is 17.7 Å². The Morgan fingerprint density at radius 1 is 0.378 bits per heavy atom. The molecule has 6 atom stereocenters. The third-order valence-corrected chi connectivity index (χ3v) is 32.5. The van der Waals surface area contributed by atoms with Crippen molar-refractivity contribution in [3.05, 3.63) is 113 Å². The van der Waals surface area contributed by atoms with Crippen molar-refractivity contribution in [2.45, 2.75) is 267 Å². The van der Waals surface area contributed by atoms with Gasteiger partial charge in [0.1, 0.15) is 51.7 Å². The first-order chi connectivity index (χ1) is 60.2. The van der Waals surface area contributed by atoms with E-state index in [1.807, 2.05) is 0 Å². The molecule has 12 aliphatic rings. The van der Waals surface area contributed by atoms with Crippen LogP contribution in [0.5, 0.6) is 0 Å². The summed E-state index contributed by atoms with van der Waals surface area (Å²) in [5.41, 5.74) is 1.27. The maximum absolute atomic E-state index is 13.6. The van der Waals surface area contributed by atoms with E-state index in [0.717, 1.165) is 122 Å². The first-order valence-corrected chi connectivity index (χ1v) is 50.8. The number of carbonyl (C=O) groups is 6. The lowest BCUT2D eigenvalue weighted by atomic mass is 9.93. The third kappa shape index (κ3) is 22.2. The van der Waals surface area contributed by atoms with Crippen LogP contribution in [0.25, 0.3) is 0 Å². The van der Waals surface area contributed by atoms with Crippen molar-refractivity contribution >= 4 is 124 Å². The van der Waals surface area contributed by atoms with Crippen LogP contribution in [-0.4, -0.2) is 166 Å². The van der Waals surface area contributed by atoms with Crippen LogP contribution in [0.3, 0.4) is 0 Å². The first-order valence-electron chi connectivity index (χ1n) is 46.0. The SMILES string of the molecule is CC1(C)C[C@@H]2CCCNc3cccc(n3)S(=O)(=O)NC(=O)c3ccc(Cl)nc3N1C2.CC1(CCCC2CCN(c3ccc4c(n3)N3C[C@@H](CCCNc5cccc(n5)S(=O)(=O)NC4=O)CC3(C)C)C2=O)CC1.CC1(CCCC2CCN(c3ccc4c(n3)N3C[C@@H](CCCNc5cccc(n5)S(=O)(=O)NC4=O)CC3(C)C)C2=O)CC1.CC1(CCCC2CCNC2=O)CC1. The van der Waals surface area contributed by atoms with Crippen LogP contribution in [0.1, 0.15) is 267 Å². The van der Waals surface area contributed by atoms with E-state index in [1.54, 1.807) is 70.5 Å². The standard InChI is InChI=1S/2C31H42N6O4S.C20H24ClN5O3S.C11H19NO/c2*1-30(2)19-21-7-6-17-32-24-9-4-10-26(33-24)42(40,41)35-28(38)23-11-12-25(34-27(23)37(30)20-21)36-18-13-22(29(36)39)8-5-14-31(3)15-16-31;1-20(2)11-13-5-4-10-22-16-6-3-7-17(24-16)30(28,29)25-19(27)14-8-9-15(21)23-18(14)26(20)12-13;1-11(6-7-11)5-2-3-9-4-8-12-10(9)13/h2*4,9-12,21-22H,5-8,13-20H2,1-3H3,(H,32,33)(H,35,38);3,6-9,13H,4-5,10-12H2,1-2H3,(H,22,24)(H,25,27);9H,2-8H2,1H3,(H,12,13)/t2*21-,22?;13-;/m000./s1. The fourth-order valence-electron chi connectivity index (χ4n) is 20.2. The van der Waals surface area contributed by atoms with E-state index < -0.39 is 47.8 Å². The summed E-state index contributed by atoms with van der Waals surface area (Å²) in [6, 6.07) is 23.6. The molecule has 9 aliphatic heterocycles. The van der Waals surface area contributed by atoms with Crippen LogP contribution in [0, 0.1) is 51.8 Å². The van der Waals surface area contributed by atoms with Crippen molar-refractivity contribution in [2.75, 3.05) is 99.4 Å². The van der Waals surface area contributed by atoms with Crippen LogP contribution in [0.15, 0.2) is 106 Å². The van der Waals surface area contributed by atoms with Gasteiger partial charge in [0, 0.05) is 93.3 Å². The lowest BCUT2D eigenvalue weighted by molar-refractivity contribution is -0.123. The zero-order chi connectivity index (χ0) is 90.2. The number of carbonyl (C=O) groups excluding carboxylic acids is 6. The summed E-state index contributed by atoms with van der Waals surface area (Å²) >= 11 is 6.14. The van der Waals surface area contributed by atoms with Crippen LogP contribution in [0.2, 0.25) is 5.15 Å². The number of halogens is 1. The van der Waals surface area contributed by atoms with E-state index in [9.17, 15) is 54.0 Å². The van der Waals surface area contributed by atoms with Gasteiger partial charge in [-0.2, -0.15) is 25.3 Å². The molecule has 7 N–H and O–H groups in total. The molecule has 3 aliphatic carbocycles. The maximum Gasteiger partial charge on any atom is 0.281 e. The number of pyridine rings is 6. The van der Waals surface area contributed by atoms with Gasteiger partial charge in [0.25, 0.3) is 47.8 Å². The highest BCUT2D eigenvalue weighted by atomic mass is 35.5. The van der Waals surface area contributed by atoms with Gasteiger partial charge < -0.3 is 36.0 Å². The molecular formula is C93H127ClN18O12S3. The topological polar surface area (TPSA) is 383 Å². The fourth-order valence-corrected chi connectivity index (χ4v) is 23.2. The lowest BCUT2D eigenvalue weighted by Crippen LogP contribution is -2.41. The van der Waals surface area contributed by atoms with Crippen molar-refractivity contribution in [1.29, 1.82) is 0 Å². The van der Waals surface area contributed by atoms with Gasteiger partial charge >= 0.3 is 0 Å². The van der Waals surface area contributed by atoms with Crippen molar-refractivity contribution in [3.8, 4) is 0 Å². The number of anilines is 8. The number of amides is 6. The van der Waals surface area contributed by atoms with Gasteiger partial charge in [-0.15, -0.1) is 0 Å². The minimum Gasteiger partial charge on any atom is -0.370 e. The first kappa shape index (κ1) is 92.4. The number of aromatic nitrogens is 6. The summed E-state index contributed by atoms with van der Waals surface area (Å²) < 4.78 is 85.0. The molecule has 34 heteroatoms. The predicted molar refractivity (Wildman–Crippen MR) is 492 cm³/mol. The molecule has 3 unspecified atom stereocenters. The van der Waals surface area contributed by atoms with Crippen LogP contribution in [0.4, 0.5) is 46.5 Å². The number of hydrogen-bond donors (Lipinski definition) is 7. The van der Waals surface area contributed by atoms with E-state index >= 15 is 0 Å². The Labute approximate surface area is 753 Å². The van der Waals surface area contributed by atoms with E-state index in [1.165, 1.54) is 94.5 Å². The molecule has 3 saturated carbocycles. The summed E-state index contributed by atoms with van der Waals surface area (Å²) in [6.45, 7) is 25.9. The molecule has 6 aromatic rings. The summed E-state index contributed by atoms with van der Waals surface area (Å²) in [6.07, 6.45) is 29.0. The summed E-state index contributed by atoms with van der Waals surface area (Å²) in [5, 5.41) is 12.1. The van der Waals surface area contributed by atoms with Gasteiger partial charge in [-0.1, -0.05) is 69.8 Å². The molecule has 6 aromatic heterocycles. The van der Waals surface area contributed by atoms with Crippen LogP contribution in [-0.2, 0) is 44.5 Å². The Morgan fingerprint density at radius 3 is 1.04 bits per heavy atom. The maximum atomic E-state index is 13.6. The summed E-state index contributed by atoms with van der Waals surface area (Å²) in [7, 11) is -12.6. The van der Waals surface area contributed by atoms with Gasteiger partial charge in [0.15, 0.2) is 15.1 Å². The largest absolute Gasteiger partial charge is 0.370 e. The number of sulfonamides is 3. The van der Waals surface area contributed by atoms with Crippen molar-refractivity contribution < 1.29 is 54.0 Å². The predicted octanol–water partition coefficient (Wildman–Crippen LogP) is 14.6. The molecule has 0 spiro atoms. The average Bonchev–Trinajstić information content (AvgIpc) is 1.81. The number of nitrogens with one attached hydrogen (secondary N) is 7. The second-order valence-electron chi connectivity index (χ2n) is 40.5. The summed E-state index contributed by atoms with van der Waals surface area (Å²) in [4.78, 5) is 115. The van der Waals surface area contributed by atoms with E-state index in [0.29, 0.717) is 138 Å². The average molecular weight is 1820 g/mol. The molecule has 30 nitrogen and oxygen atoms in total. The molecule has 12 bridgehead atoms. The lowest BCUT2D eigenvalue weighted by Gasteiger charge is -2.34. The Kier molecular flexibility index (Phi) is 27.1.